The third-order valence-corrected chi connectivity index (χ3v) is 6.77. The molecule has 2 rings (SSSR count). The Balaban J connectivity index is 2.40. The Morgan fingerprint density at radius 2 is 1.79 bits per heavy atom. The summed E-state index contributed by atoms with van der Waals surface area (Å²) in [6.07, 6.45) is 1.64. The molecular formula is C22H26Cl2FN3O4S. The Bertz CT molecular complexity index is 1110. The summed E-state index contributed by atoms with van der Waals surface area (Å²) in [6, 6.07) is 9.06. The molecular weight excluding hydrogens is 492 g/mol. The molecule has 0 aliphatic rings. The van der Waals surface area contributed by atoms with Gasteiger partial charge >= 0.3 is 0 Å². The van der Waals surface area contributed by atoms with E-state index in [4.69, 9.17) is 23.2 Å². The van der Waals surface area contributed by atoms with E-state index in [0.29, 0.717) is 13.0 Å². The second-order valence-electron chi connectivity index (χ2n) is 7.45. The maximum absolute atomic E-state index is 14.3. The quantitative estimate of drug-likeness (QED) is 0.518. The van der Waals surface area contributed by atoms with Crippen LogP contribution in [0.2, 0.25) is 10.0 Å². The van der Waals surface area contributed by atoms with E-state index < -0.39 is 40.2 Å². The van der Waals surface area contributed by atoms with Gasteiger partial charge in [-0.1, -0.05) is 48.3 Å². The van der Waals surface area contributed by atoms with Gasteiger partial charge in [0.25, 0.3) is 0 Å². The highest BCUT2D eigenvalue weighted by Crippen LogP contribution is 2.28. The molecule has 0 spiro atoms. The first-order valence-electron chi connectivity index (χ1n) is 10.2. The first-order chi connectivity index (χ1) is 15.5. The van der Waals surface area contributed by atoms with E-state index in [1.54, 1.807) is 6.07 Å². The SMILES string of the molecule is CCCNC(=O)[C@@H](C)N(Cc1ccccc1F)C(=O)CN(c1ccc(Cl)c(Cl)c1)S(C)(=O)=O. The van der Waals surface area contributed by atoms with E-state index in [9.17, 15) is 22.4 Å². The number of amides is 2. The number of hydrogen-bond donors (Lipinski definition) is 1. The molecule has 1 atom stereocenters. The molecule has 33 heavy (non-hydrogen) atoms. The van der Waals surface area contributed by atoms with Crippen molar-refractivity contribution in [1.82, 2.24) is 10.2 Å². The van der Waals surface area contributed by atoms with Crippen LogP contribution in [0.4, 0.5) is 10.1 Å². The summed E-state index contributed by atoms with van der Waals surface area (Å²) < 4.78 is 40.1. The van der Waals surface area contributed by atoms with Crippen LogP contribution in [0.15, 0.2) is 42.5 Å². The van der Waals surface area contributed by atoms with Crippen molar-refractivity contribution in [3.05, 3.63) is 63.9 Å². The second-order valence-corrected chi connectivity index (χ2v) is 10.2. The molecule has 0 aromatic heterocycles. The molecule has 0 fully saturated rings. The fraction of sp³-hybridized carbons (Fsp3) is 0.364. The normalized spacial score (nSPS) is 12.2. The summed E-state index contributed by atoms with van der Waals surface area (Å²) in [5, 5.41) is 3.05. The first kappa shape index (κ1) is 26.9. The van der Waals surface area contributed by atoms with E-state index >= 15 is 0 Å². The summed E-state index contributed by atoms with van der Waals surface area (Å²) in [4.78, 5) is 27.1. The zero-order valence-electron chi connectivity index (χ0n) is 18.5. The number of carbonyl (C=O) groups is 2. The minimum atomic E-state index is -3.91. The molecule has 11 heteroatoms. The molecule has 2 aromatic carbocycles. The van der Waals surface area contributed by atoms with Gasteiger partial charge in [0.05, 0.1) is 22.0 Å². The van der Waals surface area contributed by atoms with Crippen LogP contribution in [0.3, 0.4) is 0 Å². The van der Waals surface area contributed by atoms with E-state index in [-0.39, 0.29) is 27.8 Å². The van der Waals surface area contributed by atoms with Gasteiger partial charge < -0.3 is 10.2 Å². The van der Waals surface area contributed by atoms with Crippen molar-refractivity contribution in [1.29, 1.82) is 0 Å². The van der Waals surface area contributed by atoms with Crippen LogP contribution in [-0.2, 0) is 26.2 Å². The lowest BCUT2D eigenvalue weighted by atomic mass is 10.1. The number of benzene rings is 2. The Kier molecular flexibility index (Phi) is 9.51. The average Bonchev–Trinajstić information content (AvgIpc) is 2.75. The number of nitrogens with one attached hydrogen (secondary N) is 1. The Morgan fingerprint density at radius 3 is 2.36 bits per heavy atom. The van der Waals surface area contributed by atoms with Gasteiger partial charge in [-0.15, -0.1) is 0 Å². The van der Waals surface area contributed by atoms with Gasteiger partial charge in [-0.25, -0.2) is 12.8 Å². The molecule has 0 aliphatic carbocycles. The maximum atomic E-state index is 14.3. The highest BCUT2D eigenvalue weighted by atomic mass is 35.5. The van der Waals surface area contributed by atoms with E-state index in [1.165, 1.54) is 43.3 Å². The fourth-order valence-electron chi connectivity index (χ4n) is 3.04. The molecule has 0 unspecified atom stereocenters. The Labute approximate surface area is 203 Å². The van der Waals surface area contributed by atoms with Crippen molar-refractivity contribution in [2.75, 3.05) is 23.7 Å². The molecule has 1 N–H and O–H groups in total. The number of nitrogens with zero attached hydrogens (tertiary/aromatic N) is 2. The number of carbonyl (C=O) groups excluding carboxylic acids is 2. The molecule has 0 heterocycles. The number of hydrogen-bond acceptors (Lipinski definition) is 4. The molecule has 180 valence electrons. The maximum Gasteiger partial charge on any atom is 0.244 e. The molecule has 2 aromatic rings. The highest BCUT2D eigenvalue weighted by molar-refractivity contribution is 7.92. The van der Waals surface area contributed by atoms with Crippen LogP contribution in [-0.4, -0.2) is 50.5 Å². The van der Waals surface area contributed by atoms with Crippen molar-refractivity contribution in [3.8, 4) is 0 Å². The van der Waals surface area contributed by atoms with Crippen molar-refractivity contribution in [2.24, 2.45) is 0 Å². The van der Waals surface area contributed by atoms with E-state index in [0.717, 1.165) is 15.5 Å². The fourth-order valence-corrected chi connectivity index (χ4v) is 4.18. The number of halogens is 3. The molecule has 0 saturated heterocycles. The van der Waals surface area contributed by atoms with Crippen LogP contribution in [0.25, 0.3) is 0 Å². The van der Waals surface area contributed by atoms with Crippen molar-refractivity contribution in [2.45, 2.75) is 32.9 Å². The predicted molar refractivity (Wildman–Crippen MR) is 128 cm³/mol. The van der Waals surface area contributed by atoms with Crippen molar-refractivity contribution >= 4 is 50.7 Å². The zero-order chi connectivity index (χ0) is 24.8. The van der Waals surface area contributed by atoms with Gasteiger partial charge in [0.1, 0.15) is 18.4 Å². The van der Waals surface area contributed by atoms with Crippen molar-refractivity contribution in [3.63, 3.8) is 0 Å². The van der Waals surface area contributed by atoms with Crippen LogP contribution < -0.4 is 9.62 Å². The standard InChI is InChI=1S/C22H26Cl2FN3O4S/c1-4-11-26-22(30)15(2)27(13-16-7-5-6-8-20(16)25)21(29)14-28(33(3,31)32)17-9-10-18(23)19(24)12-17/h5-10,12,15H,4,11,13-14H2,1-3H3,(H,26,30)/t15-/m1/s1. The van der Waals surface area contributed by atoms with E-state index in [2.05, 4.69) is 5.32 Å². The van der Waals surface area contributed by atoms with Gasteiger partial charge in [-0.05, 0) is 37.6 Å². The number of rotatable bonds is 10. The highest BCUT2D eigenvalue weighted by Gasteiger charge is 2.30. The molecule has 7 nitrogen and oxygen atoms in total. The summed E-state index contributed by atoms with van der Waals surface area (Å²) >= 11 is 12.0. The number of sulfonamides is 1. The molecule has 2 amide bonds. The second kappa shape index (κ2) is 11.7. The minimum absolute atomic E-state index is 0.116. The molecule has 0 aliphatic heterocycles. The monoisotopic (exact) mass is 517 g/mol. The molecule has 0 radical (unpaired) electrons. The molecule has 0 bridgehead atoms. The van der Waals surface area contributed by atoms with Crippen molar-refractivity contribution < 1.29 is 22.4 Å². The lowest BCUT2D eigenvalue weighted by molar-refractivity contribution is -0.139. The summed E-state index contributed by atoms with van der Waals surface area (Å²) in [5.41, 5.74) is 0.329. The van der Waals surface area contributed by atoms with Gasteiger partial charge in [0.15, 0.2) is 0 Å². The van der Waals surface area contributed by atoms with E-state index in [1.807, 2.05) is 6.92 Å². The van der Waals surface area contributed by atoms with Crippen LogP contribution >= 0.6 is 23.2 Å². The average molecular weight is 518 g/mol. The van der Waals surface area contributed by atoms with Gasteiger partial charge in [-0.2, -0.15) is 0 Å². The van der Waals surface area contributed by atoms with Gasteiger partial charge in [-0.3, -0.25) is 13.9 Å². The van der Waals surface area contributed by atoms with Crippen LogP contribution in [0, 0.1) is 5.82 Å². The lowest BCUT2D eigenvalue weighted by Crippen LogP contribution is -2.51. The largest absolute Gasteiger partial charge is 0.354 e. The first-order valence-corrected chi connectivity index (χ1v) is 12.8. The minimum Gasteiger partial charge on any atom is -0.354 e. The predicted octanol–water partition coefficient (Wildman–Crippen LogP) is 3.84. The van der Waals surface area contributed by atoms with Gasteiger partial charge in [0, 0.05) is 18.7 Å². The lowest BCUT2D eigenvalue weighted by Gasteiger charge is -2.31. The molecule has 0 saturated carbocycles. The third-order valence-electron chi connectivity index (χ3n) is 4.89. The Hall–Kier alpha value is -2.36. The Morgan fingerprint density at radius 1 is 1.12 bits per heavy atom. The zero-order valence-corrected chi connectivity index (χ0v) is 20.8. The topological polar surface area (TPSA) is 86.8 Å². The summed E-state index contributed by atoms with van der Waals surface area (Å²) in [5.74, 6) is -1.66. The number of anilines is 1. The third kappa shape index (κ3) is 7.31. The summed E-state index contributed by atoms with van der Waals surface area (Å²) in [7, 11) is -3.91. The smallest absolute Gasteiger partial charge is 0.244 e. The van der Waals surface area contributed by atoms with Crippen LogP contribution in [0.5, 0.6) is 0 Å². The summed E-state index contributed by atoms with van der Waals surface area (Å²) in [6.45, 7) is 2.97. The van der Waals surface area contributed by atoms with Crippen LogP contribution in [0.1, 0.15) is 25.8 Å². The van der Waals surface area contributed by atoms with Gasteiger partial charge in [0.2, 0.25) is 21.8 Å².